The van der Waals surface area contributed by atoms with Gasteiger partial charge >= 0.3 is 0 Å². The van der Waals surface area contributed by atoms with Gasteiger partial charge in [0.15, 0.2) is 0 Å². The third-order valence-corrected chi connectivity index (χ3v) is 4.70. The van der Waals surface area contributed by atoms with Crippen molar-refractivity contribution in [2.45, 2.75) is 12.6 Å². The van der Waals surface area contributed by atoms with Gasteiger partial charge in [-0.2, -0.15) is 0 Å². The number of amides is 2. The lowest BCUT2D eigenvalue weighted by Gasteiger charge is -2.27. The van der Waals surface area contributed by atoms with Gasteiger partial charge in [-0.1, -0.05) is 0 Å². The van der Waals surface area contributed by atoms with Crippen LogP contribution in [0.25, 0.3) is 0 Å². The number of likely N-dealkylation sites (N-methyl/N-ethyl adjacent to an activating group) is 1. The van der Waals surface area contributed by atoms with Gasteiger partial charge in [0.05, 0.1) is 24.2 Å². The average Bonchev–Trinajstić information content (AvgIpc) is 3.25. The van der Waals surface area contributed by atoms with Crippen molar-refractivity contribution in [3.63, 3.8) is 0 Å². The van der Waals surface area contributed by atoms with Gasteiger partial charge in [-0.15, -0.1) is 11.8 Å². The summed E-state index contributed by atoms with van der Waals surface area (Å²) in [5, 5.41) is 0. The predicted octanol–water partition coefficient (Wildman–Crippen LogP) is 1.85. The largest absolute Gasteiger partial charge is 0.467 e. The Hall–Kier alpha value is -2.28. The molecule has 3 heterocycles. The van der Waals surface area contributed by atoms with E-state index in [9.17, 15) is 9.59 Å². The molecule has 0 aliphatic carbocycles. The molecule has 23 heavy (non-hydrogen) atoms. The fourth-order valence-corrected chi connectivity index (χ4v) is 3.62. The molecule has 1 aliphatic heterocycles. The molecule has 3 rings (SSSR count). The number of carbonyl (C=O) groups is 2. The van der Waals surface area contributed by atoms with E-state index in [0.29, 0.717) is 23.7 Å². The van der Waals surface area contributed by atoms with Crippen LogP contribution < -0.4 is 0 Å². The van der Waals surface area contributed by atoms with E-state index in [1.54, 1.807) is 59.3 Å². The van der Waals surface area contributed by atoms with Gasteiger partial charge < -0.3 is 14.2 Å². The molecule has 0 saturated carbocycles. The standard InChI is InChI=1S/C16H17N3O3S/c1-18(9-13-5-3-7-22-13)16(21)14-10-23-11-19(14)15(20)12-4-2-6-17-8-12/h2-8,14H,9-11H2,1H3. The Labute approximate surface area is 138 Å². The first-order valence-electron chi connectivity index (χ1n) is 7.23. The van der Waals surface area contributed by atoms with E-state index in [1.807, 2.05) is 6.07 Å². The number of nitrogens with zero attached hydrogens (tertiary/aromatic N) is 3. The van der Waals surface area contributed by atoms with Gasteiger partial charge in [0.2, 0.25) is 5.91 Å². The SMILES string of the molecule is CN(Cc1ccco1)C(=O)C1CSCN1C(=O)c1cccnc1. The molecule has 7 heteroatoms. The van der Waals surface area contributed by atoms with E-state index in [1.165, 1.54) is 6.20 Å². The molecule has 0 N–H and O–H groups in total. The molecule has 0 bridgehead atoms. The van der Waals surface area contributed by atoms with Crippen LogP contribution in [0, 0.1) is 0 Å². The van der Waals surface area contributed by atoms with Crippen LogP contribution in [0.3, 0.4) is 0 Å². The second-order valence-corrected chi connectivity index (χ2v) is 6.31. The maximum atomic E-state index is 12.7. The highest BCUT2D eigenvalue weighted by Gasteiger charge is 2.36. The Morgan fingerprint density at radius 3 is 3.00 bits per heavy atom. The zero-order valence-electron chi connectivity index (χ0n) is 12.7. The number of aromatic nitrogens is 1. The summed E-state index contributed by atoms with van der Waals surface area (Å²) in [4.78, 5) is 32.4. The van der Waals surface area contributed by atoms with Crippen molar-refractivity contribution < 1.29 is 14.0 Å². The summed E-state index contributed by atoms with van der Waals surface area (Å²) in [7, 11) is 1.72. The van der Waals surface area contributed by atoms with E-state index >= 15 is 0 Å². The monoisotopic (exact) mass is 331 g/mol. The Morgan fingerprint density at radius 2 is 2.30 bits per heavy atom. The predicted molar refractivity (Wildman–Crippen MR) is 86.7 cm³/mol. The number of pyridine rings is 1. The van der Waals surface area contributed by atoms with Gasteiger partial charge in [0.25, 0.3) is 5.91 Å². The summed E-state index contributed by atoms with van der Waals surface area (Å²) in [5.74, 6) is 1.60. The Kier molecular flexibility index (Phi) is 4.66. The van der Waals surface area contributed by atoms with Crippen molar-refractivity contribution in [3.05, 3.63) is 54.2 Å². The number of rotatable bonds is 4. The molecule has 1 unspecified atom stereocenters. The van der Waals surface area contributed by atoms with Crippen LogP contribution in [0.1, 0.15) is 16.1 Å². The van der Waals surface area contributed by atoms with E-state index in [0.717, 1.165) is 5.76 Å². The fourth-order valence-electron chi connectivity index (χ4n) is 2.47. The minimum Gasteiger partial charge on any atom is -0.467 e. The molecule has 1 aliphatic rings. The van der Waals surface area contributed by atoms with Gasteiger partial charge in [-0.25, -0.2) is 0 Å². The third-order valence-electron chi connectivity index (χ3n) is 3.69. The van der Waals surface area contributed by atoms with Crippen LogP contribution in [0.5, 0.6) is 0 Å². The zero-order valence-corrected chi connectivity index (χ0v) is 13.5. The molecular formula is C16H17N3O3S. The molecule has 2 aromatic heterocycles. The molecule has 6 nitrogen and oxygen atoms in total. The molecule has 2 aromatic rings. The van der Waals surface area contributed by atoms with Gasteiger partial charge in [-0.3, -0.25) is 14.6 Å². The second kappa shape index (κ2) is 6.87. The lowest BCUT2D eigenvalue weighted by atomic mass is 10.2. The molecule has 1 atom stereocenters. The summed E-state index contributed by atoms with van der Waals surface area (Å²) in [6.45, 7) is 0.391. The lowest BCUT2D eigenvalue weighted by molar-refractivity contribution is -0.134. The van der Waals surface area contributed by atoms with Crippen molar-refractivity contribution in [3.8, 4) is 0 Å². The smallest absolute Gasteiger partial charge is 0.256 e. The quantitative estimate of drug-likeness (QED) is 0.855. The molecule has 1 fully saturated rings. The number of hydrogen-bond acceptors (Lipinski definition) is 5. The normalized spacial score (nSPS) is 17.3. The number of furan rings is 1. The van der Waals surface area contributed by atoms with Crippen molar-refractivity contribution in [2.75, 3.05) is 18.7 Å². The minimum atomic E-state index is -0.451. The van der Waals surface area contributed by atoms with Crippen molar-refractivity contribution in [2.24, 2.45) is 0 Å². The second-order valence-electron chi connectivity index (χ2n) is 5.31. The maximum absolute atomic E-state index is 12.7. The Bertz CT molecular complexity index is 675. The lowest BCUT2D eigenvalue weighted by Crippen LogP contribution is -2.47. The highest BCUT2D eigenvalue weighted by molar-refractivity contribution is 7.99. The van der Waals surface area contributed by atoms with E-state index < -0.39 is 6.04 Å². The number of thioether (sulfide) groups is 1. The minimum absolute atomic E-state index is 0.0800. The fraction of sp³-hybridized carbons (Fsp3) is 0.312. The van der Waals surface area contributed by atoms with E-state index in [4.69, 9.17) is 4.42 Å². The average molecular weight is 331 g/mol. The first kappa shape index (κ1) is 15.6. The molecule has 120 valence electrons. The zero-order chi connectivity index (χ0) is 16.2. The highest BCUT2D eigenvalue weighted by atomic mass is 32.2. The van der Waals surface area contributed by atoms with E-state index in [2.05, 4.69) is 4.98 Å². The maximum Gasteiger partial charge on any atom is 0.256 e. The van der Waals surface area contributed by atoms with Crippen LogP contribution in [-0.4, -0.2) is 51.3 Å². The van der Waals surface area contributed by atoms with Crippen LogP contribution in [-0.2, 0) is 11.3 Å². The molecule has 2 amide bonds. The van der Waals surface area contributed by atoms with Gasteiger partial charge in [-0.05, 0) is 24.3 Å². The van der Waals surface area contributed by atoms with Crippen LogP contribution in [0.15, 0.2) is 47.3 Å². The van der Waals surface area contributed by atoms with E-state index in [-0.39, 0.29) is 11.8 Å². The highest BCUT2D eigenvalue weighted by Crippen LogP contribution is 2.24. The Balaban J connectivity index is 1.70. The van der Waals surface area contributed by atoms with Gasteiger partial charge in [0.1, 0.15) is 11.8 Å². The van der Waals surface area contributed by atoms with Crippen molar-refractivity contribution in [1.82, 2.24) is 14.8 Å². The third kappa shape index (κ3) is 3.39. The Morgan fingerprint density at radius 1 is 1.43 bits per heavy atom. The van der Waals surface area contributed by atoms with Crippen molar-refractivity contribution in [1.29, 1.82) is 0 Å². The summed E-state index contributed by atoms with van der Waals surface area (Å²) < 4.78 is 5.27. The summed E-state index contributed by atoms with van der Waals surface area (Å²) in [5.41, 5.74) is 0.501. The van der Waals surface area contributed by atoms with Crippen LogP contribution in [0.2, 0.25) is 0 Å². The molecule has 0 radical (unpaired) electrons. The molecule has 0 aromatic carbocycles. The van der Waals surface area contributed by atoms with Crippen LogP contribution in [0.4, 0.5) is 0 Å². The summed E-state index contributed by atoms with van der Waals surface area (Å²) in [6.07, 6.45) is 4.73. The van der Waals surface area contributed by atoms with Gasteiger partial charge in [0, 0.05) is 25.2 Å². The van der Waals surface area contributed by atoms with Crippen LogP contribution >= 0.6 is 11.8 Å². The molecular weight excluding hydrogens is 314 g/mol. The summed E-state index contributed by atoms with van der Waals surface area (Å²) in [6, 6.07) is 6.60. The molecule has 0 spiro atoms. The molecule has 1 saturated heterocycles. The topological polar surface area (TPSA) is 66.7 Å². The number of carbonyl (C=O) groups excluding carboxylic acids is 2. The first-order chi connectivity index (χ1) is 11.2. The number of hydrogen-bond donors (Lipinski definition) is 0. The summed E-state index contributed by atoms with van der Waals surface area (Å²) >= 11 is 1.58. The van der Waals surface area contributed by atoms with Crippen molar-refractivity contribution >= 4 is 23.6 Å². The first-order valence-corrected chi connectivity index (χ1v) is 8.38.